The van der Waals surface area contributed by atoms with Gasteiger partial charge in [0.05, 0.1) is 17.7 Å². The third kappa shape index (κ3) is 5.00. The molecule has 0 radical (unpaired) electrons. The molecular formula is C13H17NO6S2. The molecule has 0 unspecified atom stereocenters. The maximum atomic E-state index is 12.0. The molecule has 0 fully saturated rings. The zero-order valence-corrected chi connectivity index (χ0v) is 14.0. The maximum Gasteiger partial charge on any atom is 0.394 e. The number of nitrogens with one attached hydrogen (secondary N) is 1. The lowest BCUT2D eigenvalue weighted by atomic mass is 10.0. The maximum absolute atomic E-state index is 12.0. The number of esters is 1. The van der Waals surface area contributed by atoms with Gasteiger partial charge >= 0.3 is 22.2 Å². The fraction of sp³-hybridized carbons (Fsp3) is 0.385. The van der Waals surface area contributed by atoms with Crippen LogP contribution in [0.1, 0.15) is 40.1 Å². The monoisotopic (exact) mass is 347 g/mol. The highest BCUT2D eigenvalue weighted by molar-refractivity contribution is 8.07. The van der Waals surface area contributed by atoms with Crippen LogP contribution < -0.4 is 4.13 Å². The van der Waals surface area contributed by atoms with Gasteiger partial charge in [0.25, 0.3) is 0 Å². The minimum atomic E-state index is -4.17. The minimum Gasteiger partial charge on any atom is -0.462 e. The van der Waals surface area contributed by atoms with Crippen LogP contribution in [0.25, 0.3) is 0 Å². The lowest BCUT2D eigenvalue weighted by molar-refractivity contribution is 0.0525. The van der Waals surface area contributed by atoms with E-state index in [-0.39, 0.29) is 12.2 Å². The van der Waals surface area contributed by atoms with Crippen molar-refractivity contribution in [3.05, 3.63) is 34.9 Å². The molecule has 1 aromatic rings. The van der Waals surface area contributed by atoms with Crippen molar-refractivity contribution < 1.29 is 26.9 Å². The SMILES string of the molecule is CCOC(=O)c1ccc(C(=O)OS(=O)(=O)NSC)c(CC)c1. The summed E-state index contributed by atoms with van der Waals surface area (Å²) >= 11 is 0.791. The summed E-state index contributed by atoms with van der Waals surface area (Å²) in [6.07, 6.45) is 1.91. The first kappa shape index (κ1) is 18.5. The van der Waals surface area contributed by atoms with Crippen LogP contribution in [0.2, 0.25) is 0 Å². The van der Waals surface area contributed by atoms with Crippen molar-refractivity contribution in [3.63, 3.8) is 0 Å². The molecular weight excluding hydrogens is 330 g/mol. The fourth-order valence-electron chi connectivity index (χ4n) is 1.69. The van der Waals surface area contributed by atoms with Crippen molar-refractivity contribution in [2.75, 3.05) is 12.9 Å². The highest BCUT2D eigenvalue weighted by atomic mass is 32.3. The molecule has 0 aromatic heterocycles. The van der Waals surface area contributed by atoms with Crippen LogP contribution >= 0.6 is 11.9 Å². The third-order valence-electron chi connectivity index (χ3n) is 2.59. The van der Waals surface area contributed by atoms with Gasteiger partial charge in [0, 0.05) is 0 Å². The van der Waals surface area contributed by atoms with E-state index in [1.54, 1.807) is 13.8 Å². The van der Waals surface area contributed by atoms with E-state index in [1.165, 1.54) is 24.5 Å². The van der Waals surface area contributed by atoms with Gasteiger partial charge in [-0.15, -0.1) is 4.13 Å². The van der Waals surface area contributed by atoms with Gasteiger partial charge in [0.1, 0.15) is 0 Å². The van der Waals surface area contributed by atoms with E-state index in [0.29, 0.717) is 17.5 Å². The first-order valence-corrected chi connectivity index (χ1v) is 9.06. The molecule has 0 aliphatic rings. The van der Waals surface area contributed by atoms with Gasteiger partial charge < -0.3 is 8.92 Å². The first-order valence-electron chi connectivity index (χ1n) is 6.43. The Labute approximate surface area is 133 Å². The average molecular weight is 347 g/mol. The summed E-state index contributed by atoms with van der Waals surface area (Å²) in [4.78, 5) is 23.6. The molecule has 0 aliphatic heterocycles. The summed E-state index contributed by atoms with van der Waals surface area (Å²) < 4.78 is 34.1. The zero-order chi connectivity index (χ0) is 16.8. The normalized spacial score (nSPS) is 11.0. The number of aryl methyl sites for hydroxylation is 1. The largest absolute Gasteiger partial charge is 0.462 e. The predicted octanol–water partition coefficient (Wildman–Crippen LogP) is 1.69. The molecule has 0 amide bonds. The molecule has 0 heterocycles. The Bertz CT molecular complexity index is 656. The minimum absolute atomic E-state index is 0.0852. The molecule has 0 bridgehead atoms. The lowest BCUT2D eigenvalue weighted by Crippen LogP contribution is -2.23. The van der Waals surface area contributed by atoms with E-state index in [0.717, 1.165) is 11.9 Å². The summed E-state index contributed by atoms with van der Waals surface area (Å²) in [6.45, 7) is 3.70. The average Bonchev–Trinajstić information content (AvgIpc) is 2.46. The molecule has 9 heteroatoms. The van der Waals surface area contributed by atoms with E-state index in [4.69, 9.17) is 4.74 Å². The summed E-state index contributed by atoms with van der Waals surface area (Å²) in [5.74, 6) is -1.51. The summed E-state index contributed by atoms with van der Waals surface area (Å²) in [5.41, 5.74) is 0.872. The van der Waals surface area contributed by atoms with E-state index in [9.17, 15) is 18.0 Å². The molecule has 0 saturated heterocycles. The van der Waals surface area contributed by atoms with Crippen LogP contribution in [-0.4, -0.2) is 33.2 Å². The van der Waals surface area contributed by atoms with Gasteiger partial charge in [-0.1, -0.05) is 18.9 Å². The highest BCUT2D eigenvalue weighted by Crippen LogP contribution is 2.16. The molecule has 1 rings (SSSR count). The zero-order valence-electron chi connectivity index (χ0n) is 12.4. The van der Waals surface area contributed by atoms with Crippen molar-refractivity contribution in [3.8, 4) is 0 Å². The molecule has 0 saturated carbocycles. The van der Waals surface area contributed by atoms with E-state index in [1.807, 2.05) is 4.13 Å². The van der Waals surface area contributed by atoms with Crippen molar-refractivity contribution in [1.82, 2.24) is 4.13 Å². The van der Waals surface area contributed by atoms with Crippen molar-refractivity contribution >= 4 is 34.2 Å². The molecule has 22 heavy (non-hydrogen) atoms. The summed E-state index contributed by atoms with van der Waals surface area (Å²) in [6, 6.07) is 4.23. The Morgan fingerprint density at radius 3 is 2.45 bits per heavy atom. The predicted molar refractivity (Wildman–Crippen MR) is 82.8 cm³/mol. The molecule has 1 aromatic carbocycles. The second kappa shape index (κ2) is 8.16. The fourth-order valence-corrected chi connectivity index (χ4v) is 2.93. The van der Waals surface area contributed by atoms with Crippen molar-refractivity contribution in [2.24, 2.45) is 0 Å². The van der Waals surface area contributed by atoms with Crippen LogP contribution in [0.4, 0.5) is 0 Å². The molecule has 122 valence electrons. The van der Waals surface area contributed by atoms with E-state index < -0.39 is 22.2 Å². The second-order valence-electron chi connectivity index (χ2n) is 4.06. The Balaban J connectivity index is 3.05. The standard InChI is InChI=1S/C13H17NO6S2/c1-4-9-8-10(12(15)19-5-2)6-7-11(9)13(16)20-22(17,18)14-21-3/h6-8,14H,4-5H2,1-3H3. The topological polar surface area (TPSA) is 98.8 Å². The van der Waals surface area contributed by atoms with Gasteiger partial charge in [-0.3, -0.25) is 0 Å². The first-order chi connectivity index (χ1) is 10.3. The molecule has 7 nitrogen and oxygen atoms in total. The number of ether oxygens (including phenoxy) is 1. The van der Waals surface area contributed by atoms with E-state index >= 15 is 0 Å². The van der Waals surface area contributed by atoms with Crippen LogP contribution in [0.3, 0.4) is 0 Å². The Morgan fingerprint density at radius 1 is 1.23 bits per heavy atom. The summed E-state index contributed by atoms with van der Waals surface area (Å²) in [7, 11) is -4.17. The third-order valence-corrected chi connectivity index (χ3v) is 4.44. The Morgan fingerprint density at radius 2 is 1.91 bits per heavy atom. The van der Waals surface area contributed by atoms with Gasteiger partial charge in [-0.25, -0.2) is 9.59 Å². The second-order valence-corrected chi connectivity index (χ2v) is 6.21. The van der Waals surface area contributed by atoms with Crippen LogP contribution in [-0.2, 0) is 25.6 Å². The van der Waals surface area contributed by atoms with Gasteiger partial charge in [0.15, 0.2) is 0 Å². The van der Waals surface area contributed by atoms with Crippen molar-refractivity contribution in [2.45, 2.75) is 20.3 Å². The van der Waals surface area contributed by atoms with Crippen LogP contribution in [0.15, 0.2) is 18.2 Å². The van der Waals surface area contributed by atoms with E-state index in [2.05, 4.69) is 4.18 Å². The summed E-state index contributed by atoms with van der Waals surface area (Å²) in [5, 5.41) is 0. The molecule has 0 aliphatic carbocycles. The van der Waals surface area contributed by atoms with Gasteiger partial charge in [0.2, 0.25) is 0 Å². The molecule has 1 N–H and O–H groups in total. The number of benzene rings is 1. The van der Waals surface area contributed by atoms with Crippen LogP contribution in [0, 0.1) is 0 Å². The Kier molecular flexibility index (Phi) is 6.85. The number of hydrogen-bond acceptors (Lipinski definition) is 7. The van der Waals surface area contributed by atoms with Crippen molar-refractivity contribution in [1.29, 1.82) is 0 Å². The molecule has 0 atom stereocenters. The lowest BCUT2D eigenvalue weighted by Gasteiger charge is -2.10. The number of hydrogen-bond donors (Lipinski definition) is 1. The Hall–Kier alpha value is -1.58. The highest BCUT2D eigenvalue weighted by Gasteiger charge is 2.21. The van der Waals surface area contributed by atoms with Gasteiger partial charge in [-0.2, -0.15) is 8.42 Å². The number of carbonyl (C=O) groups is 2. The number of rotatable bonds is 7. The van der Waals surface area contributed by atoms with Crippen LogP contribution in [0.5, 0.6) is 0 Å². The number of carbonyl (C=O) groups excluding carboxylic acids is 2. The molecule has 0 spiro atoms. The quantitative estimate of drug-likeness (QED) is 0.592. The smallest absolute Gasteiger partial charge is 0.394 e. The van der Waals surface area contributed by atoms with Gasteiger partial charge in [-0.05, 0) is 43.4 Å².